The molecule has 37 heavy (non-hydrogen) atoms. The van der Waals surface area contributed by atoms with Crippen molar-refractivity contribution in [2.24, 2.45) is 17.4 Å². The van der Waals surface area contributed by atoms with Gasteiger partial charge in [-0.2, -0.15) is 11.8 Å². The Bertz CT molecular complexity index is 857. The fraction of sp³-hybridized carbons (Fsp3) is 0.615. The number of amides is 3. The van der Waals surface area contributed by atoms with Crippen molar-refractivity contribution < 1.29 is 24.3 Å². The fourth-order valence-corrected chi connectivity index (χ4v) is 4.18. The first-order chi connectivity index (χ1) is 17.6. The summed E-state index contributed by atoms with van der Waals surface area (Å²) >= 11 is 1.48. The molecule has 0 radical (unpaired) electrons. The molecule has 11 heteroatoms. The van der Waals surface area contributed by atoms with Gasteiger partial charge in [0.05, 0.1) is 6.04 Å². The third-order valence-electron chi connectivity index (χ3n) is 6.23. The average molecular weight is 538 g/mol. The Morgan fingerprint density at radius 1 is 0.946 bits per heavy atom. The van der Waals surface area contributed by atoms with Crippen molar-refractivity contribution in [3.63, 3.8) is 0 Å². The van der Waals surface area contributed by atoms with Crippen LogP contribution in [-0.4, -0.2) is 71.5 Å². The second kappa shape index (κ2) is 17.8. The molecule has 8 N–H and O–H groups in total. The third kappa shape index (κ3) is 12.0. The summed E-state index contributed by atoms with van der Waals surface area (Å²) in [5, 5.41) is 17.5. The van der Waals surface area contributed by atoms with Crippen LogP contribution < -0.4 is 27.4 Å². The predicted molar refractivity (Wildman–Crippen MR) is 147 cm³/mol. The number of nitrogens with one attached hydrogen (secondary N) is 3. The first-order valence-electron chi connectivity index (χ1n) is 12.8. The monoisotopic (exact) mass is 537 g/mol. The van der Waals surface area contributed by atoms with E-state index in [2.05, 4.69) is 16.0 Å². The van der Waals surface area contributed by atoms with E-state index >= 15 is 0 Å². The first-order valence-corrected chi connectivity index (χ1v) is 14.2. The molecule has 5 unspecified atom stereocenters. The normalized spacial score (nSPS) is 15.1. The van der Waals surface area contributed by atoms with Gasteiger partial charge in [-0.1, -0.05) is 50.6 Å². The molecular formula is C26H43N5O5S. The van der Waals surface area contributed by atoms with Crippen LogP contribution in [0.5, 0.6) is 0 Å². The summed E-state index contributed by atoms with van der Waals surface area (Å²) in [6, 6.07) is 5.57. The molecule has 0 bridgehead atoms. The van der Waals surface area contributed by atoms with Crippen LogP contribution in [-0.2, 0) is 25.6 Å². The van der Waals surface area contributed by atoms with Crippen molar-refractivity contribution in [2.45, 2.75) is 76.5 Å². The number of aliphatic carboxylic acids is 1. The predicted octanol–water partition coefficient (Wildman–Crippen LogP) is 1.02. The molecule has 1 rings (SSSR count). The molecular weight excluding hydrogens is 494 g/mol. The maximum absolute atomic E-state index is 13.3. The lowest BCUT2D eigenvalue weighted by atomic mass is 9.96. The second-order valence-corrected chi connectivity index (χ2v) is 10.2. The second-order valence-electron chi connectivity index (χ2n) is 9.19. The standard InChI is InChI=1S/C26H43N5O5S/c1-4-17(2)22(31-23(32)19(28)16-18-10-6-5-7-11-18)25(34)29-20(12-8-9-14-27)24(33)30-21(26(35)36)13-15-37-3/h5-7,10-11,17,19-22H,4,8-9,12-16,27-28H2,1-3H3,(H,29,34)(H,30,33)(H,31,32)(H,35,36). The van der Waals surface area contributed by atoms with Gasteiger partial charge in [-0.15, -0.1) is 0 Å². The summed E-state index contributed by atoms with van der Waals surface area (Å²) in [6.07, 6.45) is 4.54. The van der Waals surface area contributed by atoms with Crippen LogP contribution in [0.3, 0.4) is 0 Å². The number of benzene rings is 1. The number of carbonyl (C=O) groups excluding carboxylic acids is 3. The van der Waals surface area contributed by atoms with Gasteiger partial charge in [-0.3, -0.25) is 14.4 Å². The van der Waals surface area contributed by atoms with E-state index < -0.39 is 47.9 Å². The molecule has 0 aliphatic heterocycles. The number of hydrogen-bond acceptors (Lipinski definition) is 7. The number of carboxylic acids is 1. The molecule has 3 amide bonds. The van der Waals surface area contributed by atoms with Crippen molar-refractivity contribution in [2.75, 3.05) is 18.6 Å². The highest BCUT2D eigenvalue weighted by Crippen LogP contribution is 2.11. The summed E-state index contributed by atoms with van der Waals surface area (Å²) in [7, 11) is 0. The minimum Gasteiger partial charge on any atom is -0.480 e. The molecule has 1 aromatic carbocycles. The average Bonchev–Trinajstić information content (AvgIpc) is 2.88. The van der Waals surface area contributed by atoms with Gasteiger partial charge < -0.3 is 32.5 Å². The fourth-order valence-electron chi connectivity index (χ4n) is 3.71. The van der Waals surface area contributed by atoms with Gasteiger partial charge in [0.15, 0.2) is 0 Å². The van der Waals surface area contributed by atoms with Crippen LogP contribution in [0.15, 0.2) is 30.3 Å². The lowest BCUT2D eigenvalue weighted by Crippen LogP contribution is -2.58. The largest absolute Gasteiger partial charge is 0.480 e. The molecule has 0 fully saturated rings. The van der Waals surface area contributed by atoms with Crippen molar-refractivity contribution in [1.29, 1.82) is 0 Å². The van der Waals surface area contributed by atoms with E-state index in [4.69, 9.17) is 11.5 Å². The number of unbranched alkanes of at least 4 members (excludes halogenated alkanes) is 1. The van der Waals surface area contributed by atoms with E-state index in [0.29, 0.717) is 44.4 Å². The van der Waals surface area contributed by atoms with Crippen LogP contribution in [0, 0.1) is 5.92 Å². The van der Waals surface area contributed by atoms with Gasteiger partial charge in [-0.05, 0) is 62.1 Å². The van der Waals surface area contributed by atoms with Gasteiger partial charge in [0.25, 0.3) is 0 Å². The number of thioether (sulfide) groups is 1. The highest BCUT2D eigenvalue weighted by Gasteiger charge is 2.32. The van der Waals surface area contributed by atoms with Crippen molar-refractivity contribution >= 4 is 35.5 Å². The Morgan fingerprint density at radius 2 is 1.59 bits per heavy atom. The summed E-state index contributed by atoms with van der Waals surface area (Å²) in [5.74, 6) is -2.35. The van der Waals surface area contributed by atoms with E-state index in [0.717, 1.165) is 5.56 Å². The lowest BCUT2D eigenvalue weighted by molar-refractivity contribution is -0.142. The van der Waals surface area contributed by atoms with Crippen LogP contribution in [0.2, 0.25) is 0 Å². The van der Waals surface area contributed by atoms with Gasteiger partial charge in [0, 0.05) is 0 Å². The zero-order valence-electron chi connectivity index (χ0n) is 22.1. The Hall–Kier alpha value is -2.63. The quantitative estimate of drug-likeness (QED) is 0.150. The maximum Gasteiger partial charge on any atom is 0.326 e. The minimum absolute atomic E-state index is 0.228. The molecule has 0 saturated carbocycles. The summed E-state index contributed by atoms with van der Waals surface area (Å²) < 4.78 is 0. The molecule has 0 aliphatic rings. The molecule has 1 aromatic rings. The van der Waals surface area contributed by atoms with Crippen molar-refractivity contribution in [1.82, 2.24) is 16.0 Å². The summed E-state index contributed by atoms with van der Waals surface area (Å²) in [4.78, 5) is 50.8. The van der Waals surface area contributed by atoms with Gasteiger partial charge >= 0.3 is 5.97 Å². The van der Waals surface area contributed by atoms with E-state index in [1.807, 2.05) is 50.4 Å². The number of carbonyl (C=O) groups is 4. The Kier molecular flexibility index (Phi) is 15.6. The molecule has 5 atom stereocenters. The zero-order chi connectivity index (χ0) is 27.8. The van der Waals surface area contributed by atoms with Crippen LogP contribution in [0.25, 0.3) is 0 Å². The first kappa shape index (κ1) is 32.4. The Morgan fingerprint density at radius 3 is 2.16 bits per heavy atom. The molecule has 0 aromatic heterocycles. The van der Waals surface area contributed by atoms with Crippen LogP contribution in [0.1, 0.15) is 51.5 Å². The SMILES string of the molecule is CCC(C)C(NC(=O)C(N)Cc1ccccc1)C(=O)NC(CCCCN)C(=O)NC(CCSC)C(=O)O. The third-order valence-corrected chi connectivity index (χ3v) is 6.88. The Labute approximate surface area is 224 Å². The minimum atomic E-state index is -1.13. The van der Waals surface area contributed by atoms with E-state index in [1.54, 1.807) is 0 Å². The smallest absolute Gasteiger partial charge is 0.326 e. The summed E-state index contributed by atoms with van der Waals surface area (Å²) in [6.45, 7) is 4.16. The maximum atomic E-state index is 13.3. The molecule has 0 heterocycles. The van der Waals surface area contributed by atoms with Gasteiger partial charge in [-0.25, -0.2) is 4.79 Å². The van der Waals surface area contributed by atoms with Crippen molar-refractivity contribution in [3.05, 3.63) is 35.9 Å². The summed E-state index contributed by atoms with van der Waals surface area (Å²) in [5.41, 5.74) is 12.6. The van der Waals surface area contributed by atoms with E-state index in [1.165, 1.54) is 11.8 Å². The number of hydrogen-bond donors (Lipinski definition) is 6. The number of rotatable bonds is 18. The zero-order valence-corrected chi connectivity index (χ0v) is 22.9. The topological polar surface area (TPSA) is 177 Å². The Balaban J connectivity index is 2.97. The van der Waals surface area contributed by atoms with Crippen LogP contribution in [0.4, 0.5) is 0 Å². The van der Waals surface area contributed by atoms with Gasteiger partial charge in [0.1, 0.15) is 18.1 Å². The molecule has 0 spiro atoms. The highest BCUT2D eigenvalue weighted by molar-refractivity contribution is 7.98. The van der Waals surface area contributed by atoms with Gasteiger partial charge in [0.2, 0.25) is 17.7 Å². The lowest BCUT2D eigenvalue weighted by Gasteiger charge is -2.28. The number of nitrogens with two attached hydrogens (primary N) is 2. The number of carboxylic acid groups (broad SMARTS) is 1. The molecule has 208 valence electrons. The van der Waals surface area contributed by atoms with E-state index in [9.17, 15) is 24.3 Å². The van der Waals surface area contributed by atoms with E-state index in [-0.39, 0.29) is 12.3 Å². The van der Waals surface area contributed by atoms with Crippen LogP contribution >= 0.6 is 11.8 Å². The molecule has 0 aliphatic carbocycles. The molecule has 0 saturated heterocycles. The van der Waals surface area contributed by atoms with Crippen molar-refractivity contribution in [3.8, 4) is 0 Å². The molecule has 10 nitrogen and oxygen atoms in total. The highest BCUT2D eigenvalue weighted by atomic mass is 32.2.